The lowest BCUT2D eigenvalue weighted by atomic mass is 10.2. The van der Waals surface area contributed by atoms with Gasteiger partial charge in [-0.3, -0.25) is 4.79 Å². The second-order valence-corrected chi connectivity index (χ2v) is 5.02. The summed E-state index contributed by atoms with van der Waals surface area (Å²) in [6, 6.07) is 5.49. The van der Waals surface area contributed by atoms with Gasteiger partial charge in [0.05, 0.1) is 0 Å². The molecular formula is C13H14Cl2N2O. The van der Waals surface area contributed by atoms with Gasteiger partial charge in [0, 0.05) is 41.9 Å². The molecule has 1 fully saturated rings. The third kappa shape index (κ3) is 2.98. The van der Waals surface area contributed by atoms with Gasteiger partial charge >= 0.3 is 0 Å². The normalized spacial score (nSPS) is 15.7. The molecule has 1 heterocycles. The van der Waals surface area contributed by atoms with Crippen molar-refractivity contribution in [1.29, 1.82) is 0 Å². The maximum absolute atomic E-state index is 11.5. The maximum atomic E-state index is 11.5. The summed E-state index contributed by atoms with van der Waals surface area (Å²) in [5, 5.41) is 1.25. The fourth-order valence-electron chi connectivity index (χ4n) is 2.04. The molecule has 0 unspecified atom stereocenters. The molecule has 0 saturated carbocycles. The molecule has 1 aromatic rings. The Morgan fingerprint density at radius 2 is 1.67 bits per heavy atom. The first-order valence-corrected chi connectivity index (χ1v) is 6.48. The van der Waals surface area contributed by atoms with Crippen molar-refractivity contribution in [3.05, 3.63) is 40.9 Å². The molecule has 1 aromatic carbocycles. The zero-order valence-electron chi connectivity index (χ0n) is 9.90. The summed E-state index contributed by atoms with van der Waals surface area (Å²) in [4.78, 5) is 15.4. The molecule has 0 atom stereocenters. The standard InChI is InChI=1S/C13H14Cl2N2O/c1-2-13(18)17-5-3-16(4-6-17)12-8-10(14)7-11(15)9-12/h2,7-9H,1,3-6H2. The predicted molar refractivity (Wildman–Crippen MR) is 75.5 cm³/mol. The number of piperazine rings is 1. The molecule has 0 spiro atoms. The minimum atomic E-state index is -0.0150. The first-order valence-electron chi connectivity index (χ1n) is 5.72. The molecule has 0 N–H and O–H groups in total. The number of hydrogen-bond donors (Lipinski definition) is 0. The summed E-state index contributed by atoms with van der Waals surface area (Å²) >= 11 is 12.0. The van der Waals surface area contributed by atoms with Crippen molar-refractivity contribution in [2.75, 3.05) is 31.1 Å². The highest BCUT2D eigenvalue weighted by Crippen LogP contribution is 2.26. The molecular weight excluding hydrogens is 271 g/mol. The first kappa shape index (κ1) is 13.2. The van der Waals surface area contributed by atoms with Gasteiger partial charge in [-0.25, -0.2) is 0 Å². The molecule has 0 aliphatic carbocycles. The molecule has 18 heavy (non-hydrogen) atoms. The van der Waals surface area contributed by atoms with Crippen LogP contribution < -0.4 is 4.90 Å². The van der Waals surface area contributed by atoms with Gasteiger partial charge in [0.25, 0.3) is 0 Å². The van der Waals surface area contributed by atoms with E-state index in [0.29, 0.717) is 23.1 Å². The second-order valence-electron chi connectivity index (χ2n) is 4.14. The van der Waals surface area contributed by atoms with E-state index in [1.165, 1.54) is 6.08 Å². The number of rotatable bonds is 2. The lowest BCUT2D eigenvalue weighted by Gasteiger charge is -2.35. The summed E-state index contributed by atoms with van der Waals surface area (Å²) in [6.07, 6.45) is 1.35. The molecule has 0 aromatic heterocycles. The minimum Gasteiger partial charge on any atom is -0.368 e. The first-order chi connectivity index (χ1) is 8.60. The van der Waals surface area contributed by atoms with Gasteiger partial charge in [-0.1, -0.05) is 29.8 Å². The summed E-state index contributed by atoms with van der Waals surface area (Å²) in [6.45, 7) is 6.42. The number of carbonyl (C=O) groups excluding carboxylic acids is 1. The highest BCUT2D eigenvalue weighted by molar-refractivity contribution is 6.35. The number of amides is 1. The van der Waals surface area contributed by atoms with Gasteiger partial charge in [-0.15, -0.1) is 0 Å². The van der Waals surface area contributed by atoms with Crippen molar-refractivity contribution in [1.82, 2.24) is 4.90 Å². The Labute approximate surface area is 117 Å². The highest BCUT2D eigenvalue weighted by Gasteiger charge is 2.19. The average Bonchev–Trinajstić information content (AvgIpc) is 2.37. The molecule has 1 aliphatic rings. The van der Waals surface area contributed by atoms with Gasteiger partial charge in [-0.05, 0) is 24.3 Å². The number of hydrogen-bond acceptors (Lipinski definition) is 2. The fourth-order valence-corrected chi connectivity index (χ4v) is 2.55. The van der Waals surface area contributed by atoms with Crippen LogP contribution in [0.5, 0.6) is 0 Å². The van der Waals surface area contributed by atoms with Gasteiger partial charge in [0.2, 0.25) is 5.91 Å². The Kier molecular flexibility index (Phi) is 4.15. The smallest absolute Gasteiger partial charge is 0.246 e. The SMILES string of the molecule is C=CC(=O)N1CCN(c2cc(Cl)cc(Cl)c2)CC1. The van der Waals surface area contributed by atoms with E-state index < -0.39 is 0 Å². The van der Waals surface area contributed by atoms with Gasteiger partial charge < -0.3 is 9.80 Å². The zero-order valence-corrected chi connectivity index (χ0v) is 11.4. The Hall–Kier alpha value is -1.19. The maximum Gasteiger partial charge on any atom is 0.246 e. The summed E-state index contributed by atoms with van der Waals surface area (Å²) in [7, 11) is 0. The molecule has 5 heteroatoms. The zero-order chi connectivity index (χ0) is 13.1. The molecule has 0 bridgehead atoms. The van der Waals surface area contributed by atoms with E-state index in [1.807, 2.05) is 12.1 Å². The van der Waals surface area contributed by atoms with Gasteiger partial charge in [-0.2, -0.15) is 0 Å². The second kappa shape index (κ2) is 5.63. The van der Waals surface area contributed by atoms with Crippen LogP contribution in [-0.2, 0) is 4.79 Å². The number of carbonyl (C=O) groups is 1. The summed E-state index contributed by atoms with van der Waals surface area (Å²) < 4.78 is 0. The average molecular weight is 285 g/mol. The molecule has 1 saturated heterocycles. The van der Waals surface area contributed by atoms with Crippen LogP contribution in [0, 0.1) is 0 Å². The molecule has 3 nitrogen and oxygen atoms in total. The molecule has 2 rings (SSSR count). The largest absolute Gasteiger partial charge is 0.368 e. The van der Waals surface area contributed by atoms with Crippen molar-refractivity contribution in [2.45, 2.75) is 0 Å². The van der Waals surface area contributed by atoms with Crippen molar-refractivity contribution in [3.8, 4) is 0 Å². The Morgan fingerprint density at radius 1 is 1.11 bits per heavy atom. The van der Waals surface area contributed by atoms with Crippen LogP contribution in [-0.4, -0.2) is 37.0 Å². The van der Waals surface area contributed by atoms with Gasteiger partial charge in [0.15, 0.2) is 0 Å². The van der Waals surface area contributed by atoms with E-state index in [9.17, 15) is 4.79 Å². The molecule has 1 amide bonds. The topological polar surface area (TPSA) is 23.6 Å². The Bertz CT molecular complexity index is 448. The van der Waals surface area contributed by atoms with Crippen LogP contribution in [0.25, 0.3) is 0 Å². The van der Waals surface area contributed by atoms with Crippen LogP contribution >= 0.6 is 23.2 Å². The van der Waals surface area contributed by atoms with E-state index in [2.05, 4.69) is 11.5 Å². The van der Waals surface area contributed by atoms with Crippen molar-refractivity contribution in [3.63, 3.8) is 0 Å². The summed E-state index contributed by atoms with van der Waals surface area (Å²) in [5.41, 5.74) is 0.998. The quantitative estimate of drug-likeness (QED) is 0.780. The van der Waals surface area contributed by atoms with E-state index in [1.54, 1.807) is 11.0 Å². The van der Waals surface area contributed by atoms with E-state index >= 15 is 0 Å². The number of nitrogens with zero attached hydrogens (tertiary/aromatic N) is 2. The Balaban J connectivity index is 2.05. The van der Waals surface area contributed by atoms with Crippen molar-refractivity contribution >= 4 is 34.8 Å². The van der Waals surface area contributed by atoms with E-state index in [0.717, 1.165) is 18.8 Å². The molecule has 0 radical (unpaired) electrons. The fraction of sp³-hybridized carbons (Fsp3) is 0.308. The van der Waals surface area contributed by atoms with E-state index in [-0.39, 0.29) is 5.91 Å². The number of anilines is 1. The molecule has 1 aliphatic heterocycles. The number of benzene rings is 1. The minimum absolute atomic E-state index is 0.0150. The van der Waals surface area contributed by atoms with E-state index in [4.69, 9.17) is 23.2 Å². The van der Waals surface area contributed by atoms with Crippen molar-refractivity contribution < 1.29 is 4.79 Å². The number of halogens is 2. The van der Waals surface area contributed by atoms with Crippen molar-refractivity contribution in [2.24, 2.45) is 0 Å². The summed E-state index contributed by atoms with van der Waals surface area (Å²) in [5.74, 6) is -0.0150. The lowest BCUT2D eigenvalue weighted by Crippen LogP contribution is -2.48. The third-order valence-electron chi connectivity index (χ3n) is 2.98. The lowest BCUT2D eigenvalue weighted by molar-refractivity contribution is -0.126. The van der Waals surface area contributed by atoms with Crippen LogP contribution in [0.4, 0.5) is 5.69 Å². The van der Waals surface area contributed by atoms with Crippen LogP contribution in [0.2, 0.25) is 10.0 Å². The van der Waals surface area contributed by atoms with Crippen LogP contribution in [0.1, 0.15) is 0 Å². The molecule has 96 valence electrons. The highest BCUT2D eigenvalue weighted by atomic mass is 35.5. The van der Waals surface area contributed by atoms with Crippen LogP contribution in [0.3, 0.4) is 0 Å². The van der Waals surface area contributed by atoms with Gasteiger partial charge in [0.1, 0.15) is 0 Å². The predicted octanol–water partition coefficient (Wildman–Crippen LogP) is 2.83. The van der Waals surface area contributed by atoms with Crippen LogP contribution in [0.15, 0.2) is 30.9 Å². The monoisotopic (exact) mass is 284 g/mol. The third-order valence-corrected chi connectivity index (χ3v) is 3.41. The Morgan fingerprint density at radius 3 is 2.17 bits per heavy atom.